The first-order valence-corrected chi connectivity index (χ1v) is 5.12. The third-order valence-corrected chi connectivity index (χ3v) is 2.10. The highest BCUT2D eigenvalue weighted by Crippen LogP contribution is 2.19. The highest BCUT2D eigenvalue weighted by atomic mass is 16.5. The number of hydrogen-bond donors (Lipinski definition) is 1. The molecule has 0 aliphatic heterocycles. The van der Waals surface area contributed by atoms with E-state index in [-0.39, 0.29) is 10.8 Å². The molecule has 0 fully saturated rings. The van der Waals surface area contributed by atoms with Crippen LogP contribution in [0.5, 0.6) is 0 Å². The van der Waals surface area contributed by atoms with Crippen LogP contribution in [0.1, 0.15) is 27.7 Å². The molecule has 0 aromatic heterocycles. The molecule has 0 rings (SSSR count). The van der Waals surface area contributed by atoms with E-state index < -0.39 is 0 Å². The Morgan fingerprint density at radius 3 is 2.20 bits per heavy atom. The predicted molar refractivity (Wildman–Crippen MR) is 61.4 cm³/mol. The Kier molecular flexibility index (Phi) is 5.65. The zero-order chi connectivity index (χ0) is 11.9. The summed E-state index contributed by atoms with van der Waals surface area (Å²) < 4.78 is 5.59. The van der Waals surface area contributed by atoms with Crippen molar-refractivity contribution < 1.29 is 4.74 Å². The lowest BCUT2D eigenvalue weighted by Gasteiger charge is -2.27. The standard InChI is InChI=1S/C10H22N4O/c1-9(2,5-11)7-15-8-10(3,4)6-13-14-12/h5-8,11H2,1-4H3. The molecule has 0 heterocycles. The van der Waals surface area contributed by atoms with Crippen LogP contribution >= 0.6 is 0 Å². The summed E-state index contributed by atoms with van der Waals surface area (Å²) in [6, 6.07) is 0. The van der Waals surface area contributed by atoms with E-state index in [4.69, 9.17) is 16.0 Å². The van der Waals surface area contributed by atoms with Crippen LogP contribution in [0, 0.1) is 10.8 Å². The molecule has 0 unspecified atom stereocenters. The number of azide groups is 1. The molecule has 0 spiro atoms. The van der Waals surface area contributed by atoms with Gasteiger partial charge in [0.15, 0.2) is 0 Å². The summed E-state index contributed by atoms with van der Waals surface area (Å²) in [6.07, 6.45) is 0. The van der Waals surface area contributed by atoms with Crippen LogP contribution in [-0.4, -0.2) is 26.3 Å². The fourth-order valence-corrected chi connectivity index (χ4v) is 0.931. The van der Waals surface area contributed by atoms with Gasteiger partial charge in [-0.1, -0.05) is 32.8 Å². The third-order valence-electron chi connectivity index (χ3n) is 2.10. The molecule has 0 amide bonds. The predicted octanol–water partition coefficient (Wildman–Crippen LogP) is 2.32. The first-order valence-electron chi connectivity index (χ1n) is 5.12. The quantitative estimate of drug-likeness (QED) is 0.400. The monoisotopic (exact) mass is 214 g/mol. The third kappa shape index (κ3) is 7.19. The van der Waals surface area contributed by atoms with Gasteiger partial charge >= 0.3 is 0 Å². The molecule has 15 heavy (non-hydrogen) atoms. The van der Waals surface area contributed by atoms with Gasteiger partial charge in [-0.15, -0.1) is 0 Å². The van der Waals surface area contributed by atoms with Crippen LogP contribution in [0.2, 0.25) is 0 Å². The fraction of sp³-hybridized carbons (Fsp3) is 1.00. The van der Waals surface area contributed by atoms with Crippen molar-refractivity contribution in [1.29, 1.82) is 0 Å². The van der Waals surface area contributed by atoms with Crippen molar-refractivity contribution in [3.8, 4) is 0 Å². The molecule has 5 heteroatoms. The van der Waals surface area contributed by atoms with Crippen LogP contribution in [0.3, 0.4) is 0 Å². The Hall–Kier alpha value is -0.770. The van der Waals surface area contributed by atoms with Crippen molar-refractivity contribution in [3.05, 3.63) is 10.4 Å². The molecule has 5 nitrogen and oxygen atoms in total. The van der Waals surface area contributed by atoms with Crippen LogP contribution in [0.4, 0.5) is 0 Å². The van der Waals surface area contributed by atoms with Gasteiger partial charge in [-0.2, -0.15) is 0 Å². The average molecular weight is 214 g/mol. The molecule has 0 saturated heterocycles. The van der Waals surface area contributed by atoms with E-state index in [1.54, 1.807) is 0 Å². The minimum Gasteiger partial charge on any atom is -0.380 e. The topological polar surface area (TPSA) is 84.0 Å². The van der Waals surface area contributed by atoms with Crippen molar-refractivity contribution in [2.24, 2.45) is 21.7 Å². The minimum absolute atomic E-state index is 0.00851. The van der Waals surface area contributed by atoms with E-state index in [9.17, 15) is 0 Å². The highest BCUT2D eigenvalue weighted by molar-refractivity contribution is 4.73. The molecule has 0 aliphatic carbocycles. The first kappa shape index (κ1) is 14.2. The minimum atomic E-state index is -0.114. The van der Waals surface area contributed by atoms with Crippen LogP contribution in [0.25, 0.3) is 10.4 Å². The molecule has 0 aromatic carbocycles. The number of ether oxygens (including phenoxy) is 1. The van der Waals surface area contributed by atoms with Gasteiger partial charge in [-0.25, -0.2) is 0 Å². The zero-order valence-corrected chi connectivity index (χ0v) is 10.2. The van der Waals surface area contributed by atoms with Crippen LogP contribution < -0.4 is 5.73 Å². The lowest BCUT2D eigenvalue weighted by Crippen LogP contribution is -2.32. The molecule has 0 saturated carbocycles. The number of nitrogens with two attached hydrogens (primary N) is 1. The SMILES string of the molecule is CC(C)(CN)COCC(C)(C)CN=[N+]=[N-]. The van der Waals surface area contributed by atoms with E-state index in [1.807, 2.05) is 13.8 Å². The maximum Gasteiger partial charge on any atom is 0.0529 e. The van der Waals surface area contributed by atoms with Crippen LogP contribution in [-0.2, 0) is 4.74 Å². The van der Waals surface area contributed by atoms with Crippen LogP contribution in [0.15, 0.2) is 5.11 Å². The summed E-state index contributed by atoms with van der Waals surface area (Å²) in [5.74, 6) is 0. The second-order valence-electron chi connectivity index (χ2n) is 5.41. The molecule has 0 aromatic rings. The molecule has 0 bridgehead atoms. The Balaban J connectivity index is 3.89. The summed E-state index contributed by atoms with van der Waals surface area (Å²) in [4.78, 5) is 2.74. The number of rotatable bonds is 7. The van der Waals surface area contributed by atoms with E-state index >= 15 is 0 Å². The Bertz CT molecular complexity index is 232. The van der Waals surface area contributed by atoms with Gasteiger partial charge in [0.1, 0.15) is 0 Å². The summed E-state index contributed by atoms with van der Waals surface area (Å²) in [7, 11) is 0. The molecular weight excluding hydrogens is 192 g/mol. The molecule has 0 aliphatic rings. The maximum absolute atomic E-state index is 8.22. The van der Waals surface area contributed by atoms with Gasteiger partial charge in [-0.05, 0) is 17.5 Å². The summed E-state index contributed by atoms with van der Waals surface area (Å²) in [5, 5.41) is 3.55. The summed E-state index contributed by atoms with van der Waals surface area (Å²) in [6.45, 7) is 10.4. The summed E-state index contributed by atoms with van der Waals surface area (Å²) >= 11 is 0. The highest BCUT2D eigenvalue weighted by Gasteiger charge is 2.20. The number of hydrogen-bond acceptors (Lipinski definition) is 3. The molecule has 0 radical (unpaired) electrons. The van der Waals surface area contributed by atoms with Gasteiger partial charge in [0, 0.05) is 16.9 Å². The normalized spacial score (nSPS) is 12.3. The lowest BCUT2D eigenvalue weighted by atomic mass is 9.93. The lowest BCUT2D eigenvalue weighted by molar-refractivity contribution is 0.0211. The van der Waals surface area contributed by atoms with E-state index in [0.29, 0.717) is 26.3 Å². The smallest absolute Gasteiger partial charge is 0.0529 e. The largest absolute Gasteiger partial charge is 0.380 e. The van der Waals surface area contributed by atoms with Gasteiger partial charge in [0.2, 0.25) is 0 Å². The van der Waals surface area contributed by atoms with Crippen molar-refractivity contribution in [3.63, 3.8) is 0 Å². The fourth-order valence-electron chi connectivity index (χ4n) is 0.931. The number of nitrogens with zero attached hydrogens (tertiary/aromatic N) is 3. The van der Waals surface area contributed by atoms with Gasteiger partial charge in [0.05, 0.1) is 13.2 Å². The van der Waals surface area contributed by atoms with Gasteiger partial charge in [-0.3, -0.25) is 0 Å². The van der Waals surface area contributed by atoms with Gasteiger partial charge < -0.3 is 10.5 Å². The second-order valence-corrected chi connectivity index (χ2v) is 5.41. The first-order chi connectivity index (χ1) is 6.83. The Morgan fingerprint density at radius 1 is 1.20 bits per heavy atom. The van der Waals surface area contributed by atoms with Crippen molar-refractivity contribution in [2.75, 3.05) is 26.3 Å². The average Bonchev–Trinajstić information content (AvgIpc) is 2.14. The maximum atomic E-state index is 8.22. The molecule has 2 N–H and O–H groups in total. The zero-order valence-electron chi connectivity index (χ0n) is 10.2. The Labute approximate surface area is 91.6 Å². The van der Waals surface area contributed by atoms with E-state index in [1.165, 1.54) is 0 Å². The molecule has 0 atom stereocenters. The van der Waals surface area contributed by atoms with E-state index in [0.717, 1.165) is 0 Å². The van der Waals surface area contributed by atoms with Gasteiger partial charge in [0.25, 0.3) is 0 Å². The van der Waals surface area contributed by atoms with Crippen molar-refractivity contribution in [1.82, 2.24) is 0 Å². The molecular formula is C10H22N4O. The van der Waals surface area contributed by atoms with Crippen molar-refractivity contribution in [2.45, 2.75) is 27.7 Å². The van der Waals surface area contributed by atoms with Crippen molar-refractivity contribution >= 4 is 0 Å². The Morgan fingerprint density at radius 2 is 1.73 bits per heavy atom. The van der Waals surface area contributed by atoms with E-state index in [2.05, 4.69) is 23.9 Å². The summed E-state index contributed by atoms with van der Waals surface area (Å²) in [5.41, 5.74) is 13.7. The second kappa shape index (κ2) is 5.95. The molecule has 88 valence electrons.